The molecule has 0 aliphatic rings. The molecule has 0 amide bonds. The zero-order valence-electron chi connectivity index (χ0n) is 13.0. The van der Waals surface area contributed by atoms with Gasteiger partial charge in [0.2, 0.25) is 0 Å². The maximum absolute atomic E-state index is 5.81. The van der Waals surface area contributed by atoms with E-state index in [0.29, 0.717) is 32.3 Å². The van der Waals surface area contributed by atoms with Gasteiger partial charge in [-0.15, -0.1) is 0 Å². The van der Waals surface area contributed by atoms with E-state index in [1.807, 2.05) is 31.2 Å². The molecule has 118 valence electrons. The molecule has 1 aromatic carbocycles. The summed E-state index contributed by atoms with van der Waals surface area (Å²) in [4.78, 5) is 4.29. The smallest absolute Gasteiger partial charge is 0.189 e. The van der Waals surface area contributed by atoms with Crippen LogP contribution in [0.15, 0.2) is 29.3 Å². The summed E-state index contributed by atoms with van der Waals surface area (Å²) in [6, 6.07) is 7.90. The van der Waals surface area contributed by atoms with Gasteiger partial charge in [0, 0.05) is 20.3 Å². The summed E-state index contributed by atoms with van der Waals surface area (Å²) in [7, 11) is 3.30. The Kier molecular flexibility index (Phi) is 8.23. The van der Waals surface area contributed by atoms with Crippen molar-refractivity contribution in [3.05, 3.63) is 29.8 Å². The number of nitrogens with one attached hydrogen (secondary N) is 1. The summed E-state index contributed by atoms with van der Waals surface area (Å²) >= 11 is 0. The van der Waals surface area contributed by atoms with E-state index in [2.05, 4.69) is 10.3 Å². The first-order valence-corrected chi connectivity index (χ1v) is 6.91. The predicted molar refractivity (Wildman–Crippen MR) is 83.6 cm³/mol. The lowest BCUT2D eigenvalue weighted by molar-refractivity contribution is 0.146. The molecule has 0 fully saturated rings. The van der Waals surface area contributed by atoms with Crippen LogP contribution in [-0.2, 0) is 16.0 Å². The van der Waals surface area contributed by atoms with Crippen LogP contribution in [0.2, 0.25) is 0 Å². The fourth-order valence-electron chi connectivity index (χ4n) is 1.70. The molecule has 6 nitrogen and oxygen atoms in total. The highest BCUT2D eigenvalue weighted by atomic mass is 16.5. The lowest BCUT2D eigenvalue weighted by Gasteiger charge is -2.13. The van der Waals surface area contributed by atoms with E-state index in [-0.39, 0.29) is 6.04 Å². The van der Waals surface area contributed by atoms with E-state index in [1.54, 1.807) is 14.2 Å². The topological polar surface area (TPSA) is 78.1 Å². The summed E-state index contributed by atoms with van der Waals surface area (Å²) < 4.78 is 15.4. The van der Waals surface area contributed by atoms with Gasteiger partial charge >= 0.3 is 0 Å². The number of aliphatic imine (C=N–C) groups is 1. The van der Waals surface area contributed by atoms with Crippen molar-refractivity contribution >= 4 is 5.96 Å². The summed E-state index contributed by atoms with van der Waals surface area (Å²) in [5.74, 6) is 1.24. The normalized spacial score (nSPS) is 13.0. The van der Waals surface area contributed by atoms with Crippen molar-refractivity contribution in [3.63, 3.8) is 0 Å². The standard InChI is InChI=1S/C15H25N3O3/c1-12(11-20-3)18-15(16)17-10-13-4-6-14(7-5-13)21-9-8-19-2/h4-7,12H,8-11H2,1-3H3,(H3,16,17,18)/t12-/m0/s1. The van der Waals surface area contributed by atoms with Gasteiger partial charge < -0.3 is 25.3 Å². The maximum atomic E-state index is 5.81. The second-order valence-corrected chi connectivity index (χ2v) is 4.69. The van der Waals surface area contributed by atoms with E-state index >= 15 is 0 Å². The summed E-state index contributed by atoms with van der Waals surface area (Å²) in [5.41, 5.74) is 6.88. The molecule has 0 saturated carbocycles. The van der Waals surface area contributed by atoms with Gasteiger partial charge in [-0.1, -0.05) is 12.1 Å². The molecule has 0 aromatic heterocycles. The van der Waals surface area contributed by atoms with Crippen molar-refractivity contribution in [3.8, 4) is 5.75 Å². The van der Waals surface area contributed by atoms with Crippen LogP contribution in [0.25, 0.3) is 0 Å². The van der Waals surface area contributed by atoms with E-state index < -0.39 is 0 Å². The molecule has 0 aliphatic carbocycles. The minimum Gasteiger partial charge on any atom is -0.491 e. The van der Waals surface area contributed by atoms with Gasteiger partial charge in [0.05, 0.1) is 19.8 Å². The molecule has 0 aliphatic heterocycles. The largest absolute Gasteiger partial charge is 0.491 e. The second-order valence-electron chi connectivity index (χ2n) is 4.69. The number of rotatable bonds is 9. The molecular formula is C15H25N3O3. The zero-order valence-corrected chi connectivity index (χ0v) is 13.0. The fourth-order valence-corrected chi connectivity index (χ4v) is 1.70. The molecule has 1 rings (SSSR count). The minimum absolute atomic E-state index is 0.135. The number of ether oxygens (including phenoxy) is 3. The molecule has 21 heavy (non-hydrogen) atoms. The van der Waals surface area contributed by atoms with Crippen molar-refractivity contribution < 1.29 is 14.2 Å². The van der Waals surface area contributed by atoms with Crippen LogP contribution in [0.3, 0.4) is 0 Å². The highest BCUT2D eigenvalue weighted by Crippen LogP contribution is 2.12. The van der Waals surface area contributed by atoms with E-state index in [0.717, 1.165) is 11.3 Å². The molecule has 0 saturated heterocycles. The van der Waals surface area contributed by atoms with Crippen molar-refractivity contribution in [2.75, 3.05) is 34.0 Å². The monoisotopic (exact) mass is 295 g/mol. The van der Waals surface area contributed by atoms with Gasteiger partial charge in [-0.25, -0.2) is 4.99 Å². The molecule has 3 N–H and O–H groups in total. The molecule has 0 spiro atoms. The Morgan fingerprint density at radius 3 is 2.52 bits per heavy atom. The molecule has 0 heterocycles. The van der Waals surface area contributed by atoms with Gasteiger partial charge in [-0.3, -0.25) is 0 Å². The average Bonchev–Trinajstić information content (AvgIpc) is 2.47. The Balaban J connectivity index is 2.40. The third-order valence-corrected chi connectivity index (χ3v) is 2.72. The molecule has 6 heteroatoms. The number of methoxy groups -OCH3 is 2. The Morgan fingerprint density at radius 2 is 1.90 bits per heavy atom. The van der Waals surface area contributed by atoms with Gasteiger partial charge in [0.1, 0.15) is 12.4 Å². The molecule has 0 radical (unpaired) electrons. The van der Waals surface area contributed by atoms with Crippen LogP contribution in [0.1, 0.15) is 12.5 Å². The van der Waals surface area contributed by atoms with Crippen LogP contribution < -0.4 is 15.8 Å². The van der Waals surface area contributed by atoms with E-state index in [4.69, 9.17) is 19.9 Å². The quantitative estimate of drug-likeness (QED) is 0.406. The third kappa shape index (κ3) is 7.53. The van der Waals surface area contributed by atoms with Crippen LogP contribution in [0, 0.1) is 0 Å². The first-order valence-electron chi connectivity index (χ1n) is 6.91. The summed E-state index contributed by atoms with van der Waals surface area (Å²) in [6.07, 6.45) is 0. The van der Waals surface area contributed by atoms with Gasteiger partial charge in [0.15, 0.2) is 5.96 Å². The number of benzene rings is 1. The SMILES string of the molecule is COCCOc1ccc(CN=C(N)N[C@@H](C)COC)cc1. The number of hydrogen-bond donors (Lipinski definition) is 2. The summed E-state index contributed by atoms with van der Waals surface area (Å²) in [6.45, 7) is 4.22. The number of guanidine groups is 1. The molecule has 0 unspecified atom stereocenters. The fraction of sp³-hybridized carbons (Fsp3) is 0.533. The lowest BCUT2D eigenvalue weighted by atomic mass is 10.2. The van der Waals surface area contributed by atoms with Crippen LogP contribution in [0.5, 0.6) is 5.75 Å². The molecule has 0 bridgehead atoms. The van der Waals surface area contributed by atoms with Gasteiger partial charge in [0.25, 0.3) is 0 Å². The lowest BCUT2D eigenvalue weighted by Crippen LogP contribution is -2.40. The Bertz CT molecular complexity index is 421. The number of hydrogen-bond acceptors (Lipinski definition) is 4. The number of nitrogens with two attached hydrogens (primary N) is 1. The highest BCUT2D eigenvalue weighted by molar-refractivity contribution is 5.78. The first-order chi connectivity index (χ1) is 10.2. The predicted octanol–water partition coefficient (Wildman–Crippen LogP) is 1.15. The molecular weight excluding hydrogens is 270 g/mol. The highest BCUT2D eigenvalue weighted by Gasteiger charge is 2.01. The van der Waals surface area contributed by atoms with Gasteiger partial charge in [-0.2, -0.15) is 0 Å². The Labute approximate surface area is 126 Å². The average molecular weight is 295 g/mol. The zero-order chi connectivity index (χ0) is 15.5. The first kappa shape index (κ1) is 17.3. The second kappa shape index (κ2) is 10.0. The van der Waals surface area contributed by atoms with Crippen molar-refractivity contribution in [2.24, 2.45) is 10.7 Å². The Morgan fingerprint density at radius 1 is 1.19 bits per heavy atom. The van der Waals surface area contributed by atoms with Crippen LogP contribution >= 0.6 is 0 Å². The molecule has 1 aromatic rings. The Hall–Kier alpha value is -1.79. The van der Waals surface area contributed by atoms with Crippen LogP contribution in [0.4, 0.5) is 0 Å². The molecule has 1 atom stereocenters. The van der Waals surface area contributed by atoms with Crippen LogP contribution in [-0.4, -0.2) is 46.0 Å². The van der Waals surface area contributed by atoms with E-state index in [1.165, 1.54) is 0 Å². The van der Waals surface area contributed by atoms with Crippen molar-refractivity contribution in [1.29, 1.82) is 0 Å². The van der Waals surface area contributed by atoms with E-state index in [9.17, 15) is 0 Å². The summed E-state index contributed by atoms with van der Waals surface area (Å²) in [5, 5.41) is 3.06. The van der Waals surface area contributed by atoms with Crippen molar-refractivity contribution in [1.82, 2.24) is 5.32 Å². The van der Waals surface area contributed by atoms with Crippen molar-refractivity contribution in [2.45, 2.75) is 19.5 Å². The maximum Gasteiger partial charge on any atom is 0.189 e. The van der Waals surface area contributed by atoms with Gasteiger partial charge in [-0.05, 0) is 24.6 Å². The number of nitrogens with zero attached hydrogens (tertiary/aromatic N) is 1. The minimum atomic E-state index is 0.135. The third-order valence-electron chi connectivity index (χ3n) is 2.72.